The average Bonchev–Trinajstić information content (AvgIpc) is 1.94. The lowest BCUT2D eigenvalue weighted by Gasteiger charge is -2.19. The lowest BCUT2D eigenvalue weighted by Crippen LogP contribution is -2.10. The number of nitrogens with zero attached hydrogens (tertiary/aromatic N) is 1. The van der Waals surface area contributed by atoms with Crippen molar-refractivity contribution in [1.82, 2.24) is 4.98 Å². The summed E-state index contributed by atoms with van der Waals surface area (Å²) in [5.74, 6) is 0. The van der Waals surface area contributed by atoms with Crippen LogP contribution in [0.2, 0.25) is 0 Å². The van der Waals surface area contributed by atoms with Crippen LogP contribution in [0.3, 0.4) is 0 Å². The quantitative estimate of drug-likeness (QED) is 0.641. The van der Waals surface area contributed by atoms with Gasteiger partial charge in [-0.05, 0) is 42.9 Å². The molecule has 1 aromatic heterocycles. The number of pyridine rings is 1. The summed E-state index contributed by atoms with van der Waals surface area (Å²) in [5.41, 5.74) is 4.21. The molecule has 0 saturated heterocycles. The molecule has 0 aromatic carbocycles. The molecule has 0 bridgehead atoms. The summed E-state index contributed by atoms with van der Waals surface area (Å²) in [6.07, 6.45) is 3.10. The second-order valence-corrected chi connectivity index (χ2v) is 4.99. The topological polar surface area (TPSA) is 12.9 Å². The molecule has 0 N–H and O–H groups in total. The van der Waals surface area contributed by atoms with E-state index in [4.69, 9.17) is 0 Å². The molecule has 1 aromatic rings. The summed E-state index contributed by atoms with van der Waals surface area (Å²) in [4.78, 5) is 4.27. The number of aromatic nitrogens is 1. The molecular weight excluding hydrogens is 158 g/mol. The van der Waals surface area contributed by atoms with Gasteiger partial charge in [0.15, 0.2) is 0 Å². The van der Waals surface area contributed by atoms with Gasteiger partial charge in [0, 0.05) is 11.9 Å². The number of aryl methyl sites for hydroxylation is 2. The van der Waals surface area contributed by atoms with Crippen molar-refractivity contribution in [2.45, 2.75) is 41.0 Å². The average molecular weight is 177 g/mol. The highest BCUT2D eigenvalue weighted by atomic mass is 14.7. The molecule has 0 aliphatic heterocycles. The largest absolute Gasteiger partial charge is 0.261 e. The third kappa shape index (κ3) is 3.17. The zero-order valence-corrected chi connectivity index (χ0v) is 9.31. The second-order valence-electron chi connectivity index (χ2n) is 4.99. The van der Waals surface area contributed by atoms with Crippen molar-refractivity contribution in [1.29, 1.82) is 0 Å². The van der Waals surface area contributed by atoms with E-state index in [2.05, 4.69) is 38.7 Å². The van der Waals surface area contributed by atoms with Gasteiger partial charge in [0.25, 0.3) is 0 Å². The Kier molecular flexibility index (Phi) is 2.74. The van der Waals surface area contributed by atoms with E-state index in [0.29, 0.717) is 5.41 Å². The van der Waals surface area contributed by atoms with Crippen LogP contribution in [-0.4, -0.2) is 4.98 Å². The van der Waals surface area contributed by atoms with Gasteiger partial charge in [0.05, 0.1) is 0 Å². The van der Waals surface area contributed by atoms with Crippen LogP contribution >= 0.6 is 0 Å². The lowest BCUT2D eigenvalue weighted by molar-refractivity contribution is 0.410. The van der Waals surface area contributed by atoms with Crippen LogP contribution in [0.15, 0.2) is 12.3 Å². The van der Waals surface area contributed by atoms with Gasteiger partial charge >= 0.3 is 0 Å². The zero-order chi connectivity index (χ0) is 10.1. The third-order valence-corrected chi connectivity index (χ3v) is 2.07. The molecule has 0 fully saturated rings. The summed E-state index contributed by atoms with van der Waals surface area (Å²) < 4.78 is 0. The molecule has 1 heteroatoms. The van der Waals surface area contributed by atoms with Gasteiger partial charge in [-0.15, -0.1) is 0 Å². The van der Waals surface area contributed by atoms with E-state index in [1.165, 1.54) is 11.1 Å². The van der Waals surface area contributed by atoms with E-state index in [1.54, 1.807) is 0 Å². The van der Waals surface area contributed by atoms with Crippen LogP contribution < -0.4 is 0 Å². The fourth-order valence-electron chi connectivity index (χ4n) is 1.45. The van der Waals surface area contributed by atoms with E-state index < -0.39 is 0 Å². The Morgan fingerprint density at radius 1 is 1.23 bits per heavy atom. The van der Waals surface area contributed by atoms with Crippen molar-refractivity contribution in [2.75, 3.05) is 0 Å². The molecule has 0 unspecified atom stereocenters. The molecule has 0 radical (unpaired) electrons. The number of rotatable bonds is 1. The van der Waals surface area contributed by atoms with Gasteiger partial charge in [-0.25, -0.2) is 0 Å². The SMILES string of the molecule is Cc1cc(CC(C)(C)C)c(C)cn1. The first-order chi connectivity index (χ1) is 5.88. The highest BCUT2D eigenvalue weighted by Gasteiger charge is 2.12. The minimum Gasteiger partial charge on any atom is -0.261 e. The first-order valence-electron chi connectivity index (χ1n) is 4.80. The van der Waals surface area contributed by atoms with E-state index in [0.717, 1.165) is 12.1 Å². The van der Waals surface area contributed by atoms with Crippen LogP contribution in [0.4, 0.5) is 0 Å². The molecule has 1 heterocycles. The van der Waals surface area contributed by atoms with Gasteiger partial charge in [0.1, 0.15) is 0 Å². The number of hydrogen-bond acceptors (Lipinski definition) is 1. The molecular formula is C12H19N. The summed E-state index contributed by atoms with van der Waals surface area (Å²) >= 11 is 0. The van der Waals surface area contributed by atoms with Crippen LogP contribution in [0.25, 0.3) is 0 Å². The van der Waals surface area contributed by atoms with Gasteiger partial charge in [-0.3, -0.25) is 4.98 Å². The summed E-state index contributed by atoms with van der Waals surface area (Å²) in [7, 11) is 0. The van der Waals surface area contributed by atoms with Crippen LogP contribution in [0, 0.1) is 19.3 Å². The van der Waals surface area contributed by atoms with Gasteiger partial charge in [-0.2, -0.15) is 0 Å². The zero-order valence-electron chi connectivity index (χ0n) is 9.31. The van der Waals surface area contributed by atoms with Crippen molar-refractivity contribution in [3.8, 4) is 0 Å². The lowest BCUT2D eigenvalue weighted by atomic mass is 9.87. The van der Waals surface area contributed by atoms with E-state index in [-0.39, 0.29) is 0 Å². The Morgan fingerprint density at radius 2 is 1.85 bits per heavy atom. The second kappa shape index (κ2) is 3.49. The minimum absolute atomic E-state index is 0.360. The maximum absolute atomic E-state index is 4.27. The minimum atomic E-state index is 0.360. The molecule has 0 spiro atoms. The van der Waals surface area contributed by atoms with E-state index in [1.807, 2.05) is 13.1 Å². The summed E-state index contributed by atoms with van der Waals surface area (Å²) in [6.45, 7) is 11.0. The Labute approximate surface area is 81.2 Å². The van der Waals surface area contributed by atoms with Gasteiger partial charge in [-0.1, -0.05) is 20.8 Å². The van der Waals surface area contributed by atoms with Crippen LogP contribution in [0.1, 0.15) is 37.6 Å². The fraction of sp³-hybridized carbons (Fsp3) is 0.583. The van der Waals surface area contributed by atoms with E-state index in [9.17, 15) is 0 Å². The fourth-order valence-corrected chi connectivity index (χ4v) is 1.45. The standard InChI is InChI=1S/C12H19N/c1-9-8-13-10(2)6-11(9)7-12(3,4)5/h6,8H,7H2,1-5H3. The Bertz CT molecular complexity index is 294. The van der Waals surface area contributed by atoms with Crippen molar-refractivity contribution >= 4 is 0 Å². The Hall–Kier alpha value is -0.850. The smallest absolute Gasteiger partial charge is 0.0375 e. The molecule has 0 aliphatic rings. The summed E-state index contributed by atoms with van der Waals surface area (Å²) in [6, 6.07) is 2.20. The monoisotopic (exact) mass is 177 g/mol. The van der Waals surface area contributed by atoms with Crippen LogP contribution in [0.5, 0.6) is 0 Å². The molecule has 1 rings (SSSR count). The normalized spacial score (nSPS) is 11.8. The Morgan fingerprint density at radius 3 is 2.38 bits per heavy atom. The van der Waals surface area contributed by atoms with Gasteiger partial charge in [0.2, 0.25) is 0 Å². The van der Waals surface area contributed by atoms with Crippen molar-refractivity contribution in [2.24, 2.45) is 5.41 Å². The maximum Gasteiger partial charge on any atom is 0.0375 e. The molecule has 0 saturated carbocycles. The molecule has 0 aliphatic carbocycles. The summed E-state index contributed by atoms with van der Waals surface area (Å²) in [5, 5.41) is 0. The van der Waals surface area contributed by atoms with Crippen molar-refractivity contribution in [3.63, 3.8) is 0 Å². The molecule has 72 valence electrons. The third-order valence-electron chi connectivity index (χ3n) is 2.07. The first-order valence-corrected chi connectivity index (χ1v) is 4.80. The maximum atomic E-state index is 4.27. The van der Waals surface area contributed by atoms with Gasteiger partial charge < -0.3 is 0 Å². The molecule has 1 nitrogen and oxygen atoms in total. The predicted octanol–water partition coefficient (Wildman–Crippen LogP) is 3.29. The number of hydrogen-bond donors (Lipinski definition) is 0. The Balaban J connectivity index is 2.94. The van der Waals surface area contributed by atoms with Crippen molar-refractivity contribution < 1.29 is 0 Å². The van der Waals surface area contributed by atoms with E-state index >= 15 is 0 Å². The molecule has 0 amide bonds. The predicted molar refractivity (Wildman–Crippen MR) is 56.9 cm³/mol. The highest BCUT2D eigenvalue weighted by molar-refractivity contribution is 5.25. The molecule has 13 heavy (non-hydrogen) atoms. The molecule has 0 atom stereocenters. The van der Waals surface area contributed by atoms with Crippen molar-refractivity contribution in [3.05, 3.63) is 29.1 Å². The van der Waals surface area contributed by atoms with Crippen LogP contribution in [-0.2, 0) is 6.42 Å². The highest BCUT2D eigenvalue weighted by Crippen LogP contribution is 2.22. The first kappa shape index (κ1) is 10.2.